The Kier molecular flexibility index (Phi) is 4.18. The number of benzene rings is 1. The van der Waals surface area contributed by atoms with Crippen LogP contribution in [0.3, 0.4) is 0 Å². The summed E-state index contributed by atoms with van der Waals surface area (Å²) in [6, 6.07) is 8.28. The maximum atomic E-state index is 5.81. The predicted octanol–water partition coefficient (Wildman–Crippen LogP) is 3.05. The molecule has 1 N–H and O–H groups in total. The smallest absolute Gasteiger partial charge is 0.0406 e. The molecule has 0 aliphatic carbocycles. The Hall–Kier alpha value is -0.790. The van der Waals surface area contributed by atoms with Crippen molar-refractivity contribution in [3.05, 3.63) is 47.0 Å². The summed E-state index contributed by atoms with van der Waals surface area (Å²) in [5.74, 6) is 0. The van der Waals surface area contributed by atoms with Crippen molar-refractivity contribution in [2.75, 3.05) is 7.05 Å². The molecule has 0 aliphatic heterocycles. The zero-order valence-electron chi connectivity index (χ0n) is 8.68. The summed E-state index contributed by atoms with van der Waals surface area (Å²) in [4.78, 5) is 0. The van der Waals surface area contributed by atoms with Gasteiger partial charge in [0.05, 0.1) is 0 Å². The van der Waals surface area contributed by atoms with Crippen molar-refractivity contribution in [3.63, 3.8) is 0 Å². The van der Waals surface area contributed by atoms with Gasteiger partial charge in [-0.25, -0.2) is 0 Å². The highest BCUT2D eigenvalue weighted by Crippen LogP contribution is 2.12. The van der Waals surface area contributed by atoms with Crippen LogP contribution in [0, 0.1) is 0 Å². The molecule has 14 heavy (non-hydrogen) atoms. The van der Waals surface area contributed by atoms with E-state index in [1.54, 1.807) is 0 Å². The summed E-state index contributed by atoms with van der Waals surface area (Å²) < 4.78 is 0. The van der Waals surface area contributed by atoms with Crippen LogP contribution in [-0.2, 0) is 6.42 Å². The molecular formula is C12H16ClN. The Morgan fingerprint density at radius 2 is 2.00 bits per heavy atom. The lowest BCUT2D eigenvalue weighted by molar-refractivity contribution is 0.634. The lowest BCUT2D eigenvalue weighted by atomic mass is 10.0. The monoisotopic (exact) mass is 209 g/mol. The van der Waals surface area contributed by atoms with E-state index >= 15 is 0 Å². The number of hydrogen-bond acceptors (Lipinski definition) is 1. The minimum Gasteiger partial charge on any atom is -0.313 e. The van der Waals surface area contributed by atoms with Gasteiger partial charge < -0.3 is 5.32 Å². The Morgan fingerprint density at radius 3 is 2.43 bits per heavy atom. The van der Waals surface area contributed by atoms with E-state index in [-0.39, 0.29) is 0 Å². The lowest BCUT2D eigenvalue weighted by Gasteiger charge is -2.15. The molecule has 1 aromatic rings. The number of nitrogens with one attached hydrogen (secondary N) is 1. The molecule has 0 spiro atoms. The van der Waals surface area contributed by atoms with Crippen LogP contribution >= 0.6 is 11.6 Å². The Bertz CT molecular complexity index is 303. The zero-order chi connectivity index (χ0) is 10.6. The minimum absolute atomic E-state index is 0.344. The first-order valence-electron chi connectivity index (χ1n) is 4.70. The van der Waals surface area contributed by atoms with Gasteiger partial charge in [0.2, 0.25) is 0 Å². The van der Waals surface area contributed by atoms with E-state index in [2.05, 4.69) is 24.0 Å². The van der Waals surface area contributed by atoms with Gasteiger partial charge in [0.25, 0.3) is 0 Å². The standard InChI is InChI=1S/C12H16ClN/c1-9(2)12(14-3)8-10-4-6-11(13)7-5-10/h4-7,12,14H,1,8H2,2-3H3. The van der Waals surface area contributed by atoms with E-state index in [1.807, 2.05) is 26.1 Å². The first kappa shape index (κ1) is 11.3. The van der Waals surface area contributed by atoms with Crippen molar-refractivity contribution in [2.24, 2.45) is 0 Å². The third-order valence-electron chi connectivity index (χ3n) is 2.30. The number of likely N-dealkylation sites (N-methyl/N-ethyl adjacent to an activating group) is 1. The fourth-order valence-corrected chi connectivity index (χ4v) is 1.50. The van der Waals surface area contributed by atoms with Crippen LogP contribution in [0.5, 0.6) is 0 Å². The molecule has 0 bridgehead atoms. The Morgan fingerprint density at radius 1 is 1.43 bits per heavy atom. The van der Waals surface area contributed by atoms with Crippen LogP contribution in [0.25, 0.3) is 0 Å². The van der Waals surface area contributed by atoms with Gasteiger partial charge in [0, 0.05) is 11.1 Å². The second-order valence-corrected chi connectivity index (χ2v) is 3.95. The molecule has 1 nitrogen and oxygen atoms in total. The maximum absolute atomic E-state index is 5.81. The summed E-state index contributed by atoms with van der Waals surface area (Å²) in [7, 11) is 1.95. The fraction of sp³-hybridized carbons (Fsp3) is 0.333. The summed E-state index contributed by atoms with van der Waals surface area (Å²) in [6.07, 6.45) is 0.961. The number of halogens is 1. The molecule has 1 unspecified atom stereocenters. The quantitative estimate of drug-likeness (QED) is 0.752. The normalized spacial score (nSPS) is 12.5. The highest BCUT2D eigenvalue weighted by Gasteiger charge is 2.06. The SMILES string of the molecule is C=C(C)C(Cc1ccc(Cl)cc1)NC. The molecule has 0 heterocycles. The largest absolute Gasteiger partial charge is 0.313 e. The van der Waals surface area contributed by atoms with E-state index in [0.717, 1.165) is 17.0 Å². The van der Waals surface area contributed by atoms with Gasteiger partial charge in [-0.1, -0.05) is 35.9 Å². The molecule has 1 rings (SSSR count). The molecule has 1 atom stereocenters. The van der Waals surface area contributed by atoms with Crippen molar-refractivity contribution in [1.82, 2.24) is 5.32 Å². The van der Waals surface area contributed by atoms with Crippen molar-refractivity contribution < 1.29 is 0 Å². The van der Waals surface area contributed by atoms with Gasteiger partial charge in [-0.15, -0.1) is 0 Å². The van der Waals surface area contributed by atoms with Gasteiger partial charge >= 0.3 is 0 Å². The van der Waals surface area contributed by atoms with Crippen LogP contribution in [0.1, 0.15) is 12.5 Å². The van der Waals surface area contributed by atoms with Crippen molar-refractivity contribution in [1.29, 1.82) is 0 Å². The first-order valence-corrected chi connectivity index (χ1v) is 5.08. The van der Waals surface area contributed by atoms with Gasteiger partial charge in [0.1, 0.15) is 0 Å². The molecule has 1 aromatic carbocycles. The fourth-order valence-electron chi connectivity index (χ4n) is 1.38. The molecule has 0 aromatic heterocycles. The van der Waals surface area contributed by atoms with Gasteiger partial charge in [-0.05, 0) is 38.1 Å². The third-order valence-corrected chi connectivity index (χ3v) is 2.55. The molecule has 0 fully saturated rings. The number of hydrogen-bond donors (Lipinski definition) is 1. The highest BCUT2D eigenvalue weighted by molar-refractivity contribution is 6.30. The summed E-state index contributed by atoms with van der Waals surface area (Å²) in [5, 5.41) is 4.01. The second-order valence-electron chi connectivity index (χ2n) is 3.52. The summed E-state index contributed by atoms with van der Waals surface area (Å²) in [5.41, 5.74) is 2.43. The van der Waals surface area contributed by atoms with Crippen LogP contribution in [0.2, 0.25) is 5.02 Å². The van der Waals surface area contributed by atoms with Crippen LogP contribution < -0.4 is 5.32 Å². The van der Waals surface area contributed by atoms with E-state index < -0.39 is 0 Å². The molecule has 0 radical (unpaired) electrons. The molecule has 0 amide bonds. The molecular weight excluding hydrogens is 194 g/mol. The molecule has 2 heteroatoms. The second kappa shape index (κ2) is 5.18. The Labute approximate surface area is 90.8 Å². The average molecular weight is 210 g/mol. The van der Waals surface area contributed by atoms with Crippen LogP contribution in [0.4, 0.5) is 0 Å². The van der Waals surface area contributed by atoms with Gasteiger partial charge in [0.15, 0.2) is 0 Å². The zero-order valence-corrected chi connectivity index (χ0v) is 9.43. The minimum atomic E-state index is 0.344. The van der Waals surface area contributed by atoms with Crippen molar-refractivity contribution in [2.45, 2.75) is 19.4 Å². The van der Waals surface area contributed by atoms with Gasteiger partial charge in [-0.2, -0.15) is 0 Å². The maximum Gasteiger partial charge on any atom is 0.0406 e. The first-order chi connectivity index (χ1) is 6.63. The summed E-state index contributed by atoms with van der Waals surface area (Å²) in [6.45, 7) is 5.99. The molecule has 0 aliphatic rings. The van der Waals surface area contributed by atoms with E-state index in [9.17, 15) is 0 Å². The average Bonchev–Trinajstić information content (AvgIpc) is 2.16. The van der Waals surface area contributed by atoms with E-state index in [1.165, 1.54) is 5.56 Å². The van der Waals surface area contributed by atoms with Gasteiger partial charge in [-0.3, -0.25) is 0 Å². The number of rotatable bonds is 4. The third kappa shape index (κ3) is 3.17. The highest BCUT2D eigenvalue weighted by atomic mass is 35.5. The van der Waals surface area contributed by atoms with Crippen molar-refractivity contribution >= 4 is 11.6 Å². The lowest BCUT2D eigenvalue weighted by Crippen LogP contribution is -2.28. The van der Waals surface area contributed by atoms with E-state index in [0.29, 0.717) is 6.04 Å². The molecule has 0 saturated heterocycles. The van der Waals surface area contributed by atoms with Crippen LogP contribution in [-0.4, -0.2) is 13.1 Å². The van der Waals surface area contributed by atoms with Crippen molar-refractivity contribution in [3.8, 4) is 0 Å². The molecule has 0 saturated carbocycles. The Balaban J connectivity index is 2.67. The topological polar surface area (TPSA) is 12.0 Å². The predicted molar refractivity (Wildman–Crippen MR) is 62.8 cm³/mol. The van der Waals surface area contributed by atoms with Crippen LogP contribution in [0.15, 0.2) is 36.4 Å². The summed E-state index contributed by atoms with van der Waals surface area (Å²) >= 11 is 5.81. The van der Waals surface area contributed by atoms with E-state index in [4.69, 9.17) is 11.6 Å². The molecule has 76 valence electrons.